The average molecular weight is 373 g/mol. The Bertz CT molecular complexity index is 604. The zero-order valence-corrected chi connectivity index (χ0v) is 15.9. The van der Waals surface area contributed by atoms with Crippen LogP contribution in [0.5, 0.6) is 0 Å². The third kappa shape index (κ3) is 5.80. The Kier molecular flexibility index (Phi) is 7.27. The Morgan fingerprint density at radius 2 is 1.70 bits per heavy atom. The largest absolute Gasteiger partial charge is 0.481 e. The average Bonchev–Trinajstić information content (AvgIpc) is 2.70. The number of carboxylic acid groups (broad SMARTS) is 1. The number of hydrogen-bond acceptors (Lipinski definition) is 3. The molecular formula is C22H31NO4. The lowest BCUT2D eigenvalue weighted by atomic mass is 9.77. The lowest BCUT2D eigenvalue weighted by Gasteiger charge is -2.29. The van der Waals surface area contributed by atoms with Crippen molar-refractivity contribution in [1.82, 2.24) is 5.32 Å². The van der Waals surface area contributed by atoms with Gasteiger partial charge in [0, 0.05) is 26.2 Å². The summed E-state index contributed by atoms with van der Waals surface area (Å²) in [6, 6.07) is 10.6. The van der Waals surface area contributed by atoms with Crippen LogP contribution in [-0.2, 0) is 14.3 Å². The van der Waals surface area contributed by atoms with Crippen LogP contribution in [-0.4, -0.2) is 36.7 Å². The molecule has 27 heavy (non-hydrogen) atoms. The van der Waals surface area contributed by atoms with Gasteiger partial charge in [-0.1, -0.05) is 30.3 Å². The van der Waals surface area contributed by atoms with E-state index in [2.05, 4.69) is 29.6 Å². The molecule has 0 spiro atoms. The maximum atomic E-state index is 12.3. The van der Waals surface area contributed by atoms with Crippen LogP contribution in [0.2, 0.25) is 0 Å². The van der Waals surface area contributed by atoms with Crippen molar-refractivity contribution in [2.75, 3.05) is 19.8 Å². The summed E-state index contributed by atoms with van der Waals surface area (Å²) in [4.78, 5) is 23.9. The summed E-state index contributed by atoms with van der Waals surface area (Å²) in [5.74, 6) is -0.210. The summed E-state index contributed by atoms with van der Waals surface area (Å²) in [7, 11) is 0. The third-order valence-corrected chi connectivity index (χ3v) is 6.26. The molecular weight excluding hydrogens is 342 g/mol. The van der Waals surface area contributed by atoms with Crippen molar-refractivity contribution in [2.24, 2.45) is 17.8 Å². The molecule has 5 heteroatoms. The lowest BCUT2D eigenvalue weighted by Crippen LogP contribution is -2.39. The SMILES string of the molecule is O=C(CC1CCC(c2ccccc2)CC1)NCC(C(=O)O)C1CCOCC1. The van der Waals surface area contributed by atoms with Crippen LogP contribution < -0.4 is 5.32 Å². The number of aliphatic carboxylic acids is 1. The molecule has 1 aliphatic carbocycles. The molecule has 2 N–H and O–H groups in total. The van der Waals surface area contributed by atoms with E-state index >= 15 is 0 Å². The molecule has 5 nitrogen and oxygen atoms in total. The molecule has 148 valence electrons. The van der Waals surface area contributed by atoms with Crippen LogP contribution >= 0.6 is 0 Å². The maximum Gasteiger partial charge on any atom is 0.308 e. The van der Waals surface area contributed by atoms with Gasteiger partial charge in [-0.25, -0.2) is 0 Å². The molecule has 1 saturated carbocycles. The van der Waals surface area contributed by atoms with E-state index in [0.717, 1.165) is 38.5 Å². The standard InChI is InChI=1S/C22H31NO4/c24-21(23-15-20(22(25)26)19-10-12-27-13-11-19)14-16-6-8-18(9-7-16)17-4-2-1-3-5-17/h1-5,16,18-20H,6-15H2,(H,23,24)(H,25,26). The van der Waals surface area contributed by atoms with Crippen molar-refractivity contribution >= 4 is 11.9 Å². The number of rotatable bonds is 7. The van der Waals surface area contributed by atoms with E-state index in [4.69, 9.17) is 4.74 Å². The Hall–Kier alpha value is -1.88. The minimum absolute atomic E-state index is 0.00327. The number of carbonyl (C=O) groups is 2. The second-order valence-corrected chi connectivity index (χ2v) is 8.03. The van der Waals surface area contributed by atoms with Crippen LogP contribution in [0.25, 0.3) is 0 Å². The number of carboxylic acids is 1. The third-order valence-electron chi connectivity index (χ3n) is 6.26. The van der Waals surface area contributed by atoms with Crippen LogP contribution in [0.15, 0.2) is 30.3 Å². The highest BCUT2D eigenvalue weighted by Gasteiger charge is 2.30. The fraction of sp³-hybridized carbons (Fsp3) is 0.636. The zero-order valence-electron chi connectivity index (χ0n) is 15.9. The predicted octanol–water partition coefficient (Wildman–Crippen LogP) is 3.59. The molecule has 1 heterocycles. The quantitative estimate of drug-likeness (QED) is 0.766. The molecule has 0 aromatic heterocycles. The van der Waals surface area contributed by atoms with Gasteiger partial charge in [-0.2, -0.15) is 0 Å². The minimum atomic E-state index is -0.814. The molecule has 1 unspecified atom stereocenters. The highest BCUT2D eigenvalue weighted by molar-refractivity contribution is 5.77. The maximum absolute atomic E-state index is 12.3. The molecule has 3 rings (SSSR count). The molecule has 2 aliphatic rings. The van der Waals surface area contributed by atoms with Crippen molar-refractivity contribution < 1.29 is 19.4 Å². The molecule has 1 aromatic rings. The number of ether oxygens (including phenoxy) is 1. The number of benzene rings is 1. The molecule has 1 aliphatic heterocycles. The van der Waals surface area contributed by atoms with Gasteiger partial charge < -0.3 is 15.2 Å². The van der Waals surface area contributed by atoms with Gasteiger partial charge in [0.25, 0.3) is 0 Å². The van der Waals surface area contributed by atoms with E-state index in [1.54, 1.807) is 0 Å². The molecule has 0 radical (unpaired) electrons. The second-order valence-electron chi connectivity index (χ2n) is 8.03. The molecule has 1 aromatic carbocycles. The fourth-order valence-corrected chi connectivity index (χ4v) is 4.56. The van der Waals surface area contributed by atoms with Gasteiger partial charge >= 0.3 is 5.97 Å². The summed E-state index contributed by atoms with van der Waals surface area (Å²) in [6.45, 7) is 1.47. The fourth-order valence-electron chi connectivity index (χ4n) is 4.56. The normalized spacial score (nSPS) is 24.9. The molecule has 2 fully saturated rings. The Morgan fingerprint density at radius 3 is 2.33 bits per heavy atom. The monoisotopic (exact) mass is 373 g/mol. The second kappa shape index (κ2) is 9.88. The van der Waals surface area contributed by atoms with Crippen LogP contribution in [0.3, 0.4) is 0 Å². The smallest absolute Gasteiger partial charge is 0.308 e. The number of carbonyl (C=O) groups excluding carboxylic acids is 1. The van der Waals surface area contributed by atoms with Gasteiger partial charge in [0.2, 0.25) is 5.91 Å². The van der Waals surface area contributed by atoms with Gasteiger partial charge in [-0.15, -0.1) is 0 Å². The van der Waals surface area contributed by atoms with Crippen molar-refractivity contribution in [2.45, 2.75) is 50.9 Å². The first kappa shape index (κ1) is 19.9. The summed E-state index contributed by atoms with van der Waals surface area (Å²) in [5.41, 5.74) is 1.40. The van der Waals surface area contributed by atoms with Crippen molar-refractivity contribution in [3.63, 3.8) is 0 Å². The van der Waals surface area contributed by atoms with Crippen molar-refractivity contribution in [1.29, 1.82) is 0 Å². The predicted molar refractivity (Wildman–Crippen MR) is 103 cm³/mol. The summed E-state index contributed by atoms with van der Waals surface area (Å²) >= 11 is 0. The highest BCUT2D eigenvalue weighted by Crippen LogP contribution is 2.36. The highest BCUT2D eigenvalue weighted by atomic mass is 16.5. The van der Waals surface area contributed by atoms with Crippen molar-refractivity contribution in [3.05, 3.63) is 35.9 Å². The van der Waals surface area contributed by atoms with E-state index in [9.17, 15) is 14.7 Å². The Morgan fingerprint density at radius 1 is 1.04 bits per heavy atom. The minimum Gasteiger partial charge on any atom is -0.481 e. The summed E-state index contributed by atoms with van der Waals surface area (Å²) in [5, 5.41) is 12.4. The first-order valence-electron chi connectivity index (χ1n) is 10.3. The van der Waals surface area contributed by atoms with Gasteiger partial charge in [-0.3, -0.25) is 9.59 Å². The first-order chi connectivity index (χ1) is 13.1. The number of nitrogens with one attached hydrogen (secondary N) is 1. The van der Waals surface area contributed by atoms with Gasteiger partial charge in [0.05, 0.1) is 5.92 Å². The molecule has 1 atom stereocenters. The summed E-state index contributed by atoms with van der Waals surface area (Å²) < 4.78 is 5.32. The van der Waals surface area contributed by atoms with E-state index < -0.39 is 11.9 Å². The number of amides is 1. The van der Waals surface area contributed by atoms with Crippen LogP contribution in [0.4, 0.5) is 0 Å². The summed E-state index contributed by atoms with van der Waals surface area (Å²) in [6.07, 6.45) is 6.42. The molecule has 1 amide bonds. The van der Waals surface area contributed by atoms with Gasteiger partial charge in [-0.05, 0) is 61.8 Å². The number of hydrogen-bond donors (Lipinski definition) is 2. The van der Waals surface area contributed by atoms with Gasteiger partial charge in [0.1, 0.15) is 0 Å². The topological polar surface area (TPSA) is 75.6 Å². The molecule has 0 bridgehead atoms. The van der Waals surface area contributed by atoms with E-state index in [1.807, 2.05) is 6.07 Å². The Balaban J connectivity index is 1.41. The Labute approximate surface area is 161 Å². The molecule has 1 saturated heterocycles. The van der Waals surface area contributed by atoms with Gasteiger partial charge in [0.15, 0.2) is 0 Å². The zero-order chi connectivity index (χ0) is 19.1. The van der Waals surface area contributed by atoms with E-state index in [1.165, 1.54) is 5.56 Å². The van der Waals surface area contributed by atoms with Crippen LogP contribution in [0, 0.1) is 17.8 Å². The van der Waals surface area contributed by atoms with E-state index in [-0.39, 0.29) is 18.4 Å². The lowest BCUT2D eigenvalue weighted by molar-refractivity contribution is -0.145. The van der Waals surface area contributed by atoms with E-state index in [0.29, 0.717) is 31.5 Å². The van der Waals surface area contributed by atoms with Crippen molar-refractivity contribution in [3.8, 4) is 0 Å². The first-order valence-corrected chi connectivity index (χ1v) is 10.3. The van der Waals surface area contributed by atoms with Crippen LogP contribution in [0.1, 0.15) is 56.4 Å².